The minimum atomic E-state index is -0.852. The Bertz CT molecular complexity index is 720. The van der Waals surface area contributed by atoms with Gasteiger partial charge in [-0.2, -0.15) is 0 Å². The summed E-state index contributed by atoms with van der Waals surface area (Å²) in [5, 5.41) is 12.7. The number of nitrogens with one attached hydrogen (secondary N) is 1. The molecule has 2 aliphatic carbocycles. The van der Waals surface area contributed by atoms with E-state index in [0.29, 0.717) is 62.8 Å². The Morgan fingerprint density at radius 2 is 1.97 bits per heavy atom. The molecule has 172 valence electrons. The SMILES string of the molecule is O=CN(O)C[C@]1(C(=O)N2CCC[C@H]2C(=O)NC(=O)O[C@H]2CCOC2)CC1C1CCCC1. The minimum absolute atomic E-state index is 0.0644. The van der Waals surface area contributed by atoms with Crippen molar-refractivity contribution in [1.82, 2.24) is 15.3 Å². The zero-order valence-corrected chi connectivity index (χ0v) is 17.7. The molecule has 2 saturated carbocycles. The molecule has 0 bridgehead atoms. The molecule has 10 nitrogen and oxygen atoms in total. The number of imide groups is 1. The first-order valence-corrected chi connectivity index (χ1v) is 11.3. The number of hydroxylamine groups is 2. The van der Waals surface area contributed by atoms with Gasteiger partial charge in [0.2, 0.25) is 12.3 Å². The van der Waals surface area contributed by atoms with Crippen LogP contribution in [-0.2, 0) is 23.9 Å². The van der Waals surface area contributed by atoms with Crippen LogP contribution in [0.5, 0.6) is 0 Å². The van der Waals surface area contributed by atoms with Gasteiger partial charge < -0.3 is 14.4 Å². The van der Waals surface area contributed by atoms with Crippen molar-refractivity contribution in [2.75, 3.05) is 26.3 Å². The molecule has 0 aromatic carbocycles. The Labute approximate surface area is 181 Å². The smallest absolute Gasteiger partial charge is 0.414 e. The van der Waals surface area contributed by atoms with Gasteiger partial charge in [0.15, 0.2) is 0 Å². The first kappa shape index (κ1) is 22.0. The Kier molecular flexibility index (Phi) is 6.47. The fraction of sp³-hybridized carbons (Fsp3) is 0.810. The number of nitrogens with zero attached hydrogens (tertiary/aromatic N) is 2. The van der Waals surface area contributed by atoms with Crippen LogP contribution in [0.4, 0.5) is 4.79 Å². The fourth-order valence-corrected chi connectivity index (χ4v) is 5.67. The molecule has 0 aromatic heterocycles. The lowest BCUT2D eigenvalue weighted by Crippen LogP contribution is -2.52. The maximum atomic E-state index is 13.6. The number of carbonyl (C=O) groups excluding carboxylic acids is 4. The molecular weight excluding hydrogens is 406 g/mol. The molecule has 4 rings (SSSR count). The number of hydrogen-bond acceptors (Lipinski definition) is 7. The van der Waals surface area contributed by atoms with Crippen molar-refractivity contribution >= 4 is 24.3 Å². The predicted octanol–water partition coefficient (Wildman–Crippen LogP) is 1.06. The van der Waals surface area contributed by atoms with Crippen LogP contribution in [0.15, 0.2) is 0 Å². The molecule has 0 spiro atoms. The third-order valence-corrected chi connectivity index (χ3v) is 7.30. The molecule has 4 atom stereocenters. The average molecular weight is 437 g/mol. The molecular formula is C21H31N3O7. The molecule has 2 saturated heterocycles. The first-order valence-electron chi connectivity index (χ1n) is 11.3. The van der Waals surface area contributed by atoms with Crippen LogP contribution in [0.25, 0.3) is 0 Å². The Balaban J connectivity index is 1.42. The van der Waals surface area contributed by atoms with Crippen LogP contribution >= 0.6 is 0 Å². The van der Waals surface area contributed by atoms with Gasteiger partial charge in [-0.3, -0.25) is 24.9 Å². The van der Waals surface area contributed by atoms with Crippen LogP contribution in [-0.4, -0.2) is 77.9 Å². The van der Waals surface area contributed by atoms with Crippen molar-refractivity contribution < 1.29 is 33.9 Å². The van der Waals surface area contributed by atoms with E-state index in [9.17, 15) is 24.4 Å². The van der Waals surface area contributed by atoms with E-state index in [2.05, 4.69) is 5.32 Å². The molecule has 2 N–H and O–H groups in total. The second-order valence-corrected chi connectivity index (χ2v) is 9.25. The molecule has 31 heavy (non-hydrogen) atoms. The molecule has 10 heteroatoms. The number of amides is 4. The highest BCUT2D eigenvalue weighted by Gasteiger charge is 2.65. The van der Waals surface area contributed by atoms with E-state index in [1.54, 1.807) is 0 Å². The maximum Gasteiger partial charge on any atom is 0.414 e. The van der Waals surface area contributed by atoms with E-state index in [-0.39, 0.29) is 24.5 Å². The summed E-state index contributed by atoms with van der Waals surface area (Å²) < 4.78 is 10.3. The summed E-state index contributed by atoms with van der Waals surface area (Å²) in [6, 6.07) is -0.759. The second-order valence-electron chi connectivity index (χ2n) is 9.25. The van der Waals surface area contributed by atoms with Crippen LogP contribution in [0.2, 0.25) is 0 Å². The van der Waals surface area contributed by atoms with Gasteiger partial charge >= 0.3 is 6.09 Å². The highest BCUT2D eigenvalue weighted by Crippen LogP contribution is 2.61. The molecule has 0 aromatic rings. The van der Waals surface area contributed by atoms with Gasteiger partial charge in [0.25, 0.3) is 5.91 Å². The zero-order chi connectivity index (χ0) is 22.0. The number of hydrogen-bond donors (Lipinski definition) is 2. The number of alkyl carbamates (subject to hydrolysis) is 1. The van der Waals surface area contributed by atoms with Crippen molar-refractivity contribution in [2.24, 2.45) is 17.3 Å². The molecule has 0 radical (unpaired) electrons. The Morgan fingerprint density at radius 1 is 1.19 bits per heavy atom. The standard InChI is InChI=1S/C21H31N3O7/c25-13-23(29)12-21(10-16(21)14-4-1-2-5-14)19(27)24-8-3-6-17(24)18(26)22-20(28)31-15-7-9-30-11-15/h13-17,29H,1-12H2,(H,22,26,28)/t15-,16?,17-,21+/m0/s1. The van der Waals surface area contributed by atoms with Crippen molar-refractivity contribution in [3.05, 3.63) is 0 Å². The van der Waals surface area contributed by atoms with Gasteiger partial charge in [0.05, 0.1) is 25.2 Å². The zero-order valence-electron chi connectivity index (χ0n) is 17.7. The molecule has 1 unspecified atom stereocenters. The summed E-state index contributed by atoms with van der Waals surface area (Å²) in [6.07, 6.45) is 5.78. The third kappa shape index (κ3) is 4.55. The van der Waals surface area contributed by atoms with E-state index in [0.717, 1.165) is 25.7 Å². The van der Waals surface area contributed by atoms with E-state index in [1.165, 1.54) is 4.90 Å². The van der Waals surface area contributed by atoms with Crippen LogP contribution in [0.3, 0.4) is 0 Å². The lowest BCUT2D eigenvalue weighted by molar-refractivity contribution is -0.160. The quantitative estimate of drug-likeness (QED) is 0.347. The van der Waals surface area contributed by atoms with Crippen molar-refractivity contribution in [2.45, 2.75) is 63.5 Å². The summed E-state index contributed by atoms with van der Waals surface area (Å²) in [5.74, 6) is -0.254. The van der Waals surface area contributed by atoms with Gasteiger partial charge in [0, 0.05) is 13.0 Å². The summed E-state index contributed by atoms with van der Waals surface area (Å²) in [6.45, 7) is 1.18. The van der Waals surface area contributed by atoms with Crippen LogP contribution in [0.1, 0.15) is 51.4 Å². The topological polar surface area (TPSA) is 125 Å². The number of ether oxygens (including phenoxy) is 2. The van der Waals surface area contributed by atoms with Crippen LogP contribution < -0.4 is 5.32 Å². The third-order valence-electron chi connectivity index (χ3n) is 7.30. The fourth-order valence-electron chi connectivity index (χ4n) is 5.67. The number of rotatable bonds is 7. The summed E-state index contributed by atoms with van der Waals surface area (Å²) >= 11 is 0. The molecule has 4 aliphatic rings. The largest absolute Gasteiger partial charge is 0.443 e. The number of carbonyl (C=O) groups is 4. The Hall–Kier alpha value is -2.20. The van der Waals surface area contributed by atoms with Gasteiger partial charge in [-0.1, -0.05) is 25.7 Å². The van der Waals surface area contributed by atoms with Gasteiger partial charge in [-0.25, -0.2) is 9.86 Å². The van der Waals surface area contributed by atoms with E-state index < -0.39 is 23.5 Å². The first-order chi connectivity index (χ1) is 14.9. The normalized spacial score (nSPS) is 32.7. The minimum Gasteiger partial charge on any atom is -0.443 e. The summed E-state index contributed by atoms with van der Waals surface area (Å²) in [5.41, 5.74) is -0.852. The van der Waals surface area contributed by atoms with Gasteiger partial charge in [-0.15, -0.1) is 0 Å². The average Bonchev–Trinajstić information content (AvgIpc) is 3.29. The summed E-state index contributed by atoms with van der Waals surface area (Å²) in [4.78, 5) is 51.0. The van der Waals surface area contributed by atoms with Gasteiger partial charge in [-0.05, 0) is 31.1 Å². The molecule has 4 fully saturated rings. The molecule has 4 amide bonds. The lowest BCUT2D eigenvalue weighted by atomic mass is 9.91. The monoisotopic (exact) mass is 437 g/mol. The number of likely N-dealkylation sites (tertiary alicyclic amines) is 1. The summed E-state index contributed by atoms with van der Waals surface area (Å²) in [7, 11) is 0. The molecule has 2 aliphatic heterocycles. The van der Waals surface area contributed by atoms with Gasteiger partial charge in [0.1, 0.15) is 12.1 Å². The Morgan fingerprint density at radius 3 is 2.65 bits per heavy atom. The maximum absolute atomic E-state index is 13.6. The highest BCUT2D eigenvalue weighted by atomic mass is 16.6. The second kappa shape index (κ2) is 9.12. The van der Waals surface area contributed by atoms with Crippen molar-refractivity contribution in [3.8, 4) is 0 Å². The predicted molar refractivity (Wildman–Crippen MR) is 106 cm³/mol. The van der Waals surface area contributed by atoms with E-state index >= 15 is 0 Å². The van der Waals surface area contributed by atoms with Crippen molar-refractivity contribution in [1.29, 1.82) is 0 Å². The lowest BCUT2D eigenvalue weighted by Gasteiger charge is -2.30. The van der Waals surface area contributed by atoms with Crippen molar-refractivity contribution in [3.63, 3.8) is 0 Å². The van der Waals surface area contributed by atoms with E-state index in [1.807, 2.05) is 0 Å². The highest BCUT2D eigenvalue weighted by molar-refractivity contribution is 5.98. The van der Waals surface area contributed by atoms with E-state index in [4.69, 9.17) is 9.47 Å². The van der Waals surface area contributed by atoms with Crippen LogP contribution in [0, 0.1) is 17.3 Å². The molecule has 2 heterocycles.